The average molecular weight is 433 g/mol. The van der Waals surface area contributed by atoms with E-state index in [0.717, 1.165) is 5.56 Å². The molecule has 0 unspecified atom stereocenters. The van der Waals surface area contributed by atoms with Crippen molar-refractivity contribution in [2.24, 2.45) is 0 Å². The SMILES string of the molecule is COc1ccccc1-c1ccc2nnc(SCC(=O)Nc3ccc(C(C)=O)cc3)n2n1. The molecule has 0 saturated carbocycles. The Hall–Kier alpha value is -3.72. The summed E-state index contributed by atoms with van der Waals surface area (Å²) < 4.78 is 7.03. The molecule has 4 rings (SSSR count). The average Bonchev–Trinajstić information content (AvgIpc) is 3.20. The van der Waals surface area contributed by atoms with Gasteiger partial charge in [0.15, 0.2) is 11.4 Å². The Morgan fingerprint density at radius 1 is 1.03 bits per heavy atom. The van der Waals surface area contributed by atoms with Crippen molar-refractivity contribution in [3.63, 3.8) is 0 Å². The zero-order chi connectivity index (χ0) is 21.8. The summed E-state index contributed by atoms with van der Waals surface area (Å²) in [5.41, 5.74) is 3.36. The summed E-state index contributed by atoms with van der Waals surface area (Å²) in [6, 6.07) is 18.0. The van der Waals surface area contributed by atoms with Crippen LogP contribution in [0.15, 0.2) is 65.8 Å². The van der Waals surface area contributed by atoms with Gasteiger partial charge in [-0.15, -0.1) is 10.2 Å². The molecule has 31 heavy (non-hydrogen) atoms. The number of benzene rings is 2. The molecule has 0 radical (unpaired) electrons. The lowest BCUT2D eigenvalue weighted by atomic mass is 10.1. The van der Waals surface area contributed by atoms with Crippen molar-refractivity contribution in [2.45, 2.75) is 12.1 Å². The first-order chi connectivity index (χ1) is 15.0. The standard InChI is InChI=1S/C22H19N5O3S/c1-14(28)15-7-9-16(10-8-15)23-21(29)13-31-22-25-24-20-12-11-18(26-27(20)22)17-5-3-4-6-19(17)30-2/h3-12H,13H2,1-2H3,(H,23,29). The van der Waals surface area contributed by atoms with Gasteiger partial charge in [-0.25, -0.2) is 0 Å². The Kier molecular flexibility index (Phi) is 5.94. The molecule has 0 spiro atoms. The quantitative estimate of drug-likeness (QED) is 0.350. The molecule has 4 aromatic rings. The number of ether oxygens (including phenoxy) is 1. The van der Waals surface area contributed by atoms with Crippen LogP contribution in [-0.2, 0) is 4.79 Å². The molecule has 1 amide bonds. The van der Waals surface area contributed by atoms with E-state index in [2.05, 4.69) is 20.6 Å². The minimum absolute atomic E-state index is 0.0212. The molecule has 0 aliphatic rings. The highest BCUT2D eigenvalue weighted by Gasteiger charge is 2.13. The van der Waals surface area contributed by atoms with E-state index in [1.54, 1.807) is 35.9 Å². The van der Waals surface area contributed by atoms with Crippen LogP contribution < -0.4 is 10.1 Å². The summed E-state index contributed by atoms with van der Waals surface area (Å²) in [4.78, 5) is 23.7. The van der Waals surface area contributed by atoms with Crippen molar-refractivity contribution in [1.29, 1.82) is 0 Å². The second kappa shape index (κ2) is 8.97. The van der Waals surface area contributed by atoms with Crippen LogP contribution >= 0.6 is 11.8 Å². The van der Waals surface area contributed by atoms with Crippen molar-refractivity contribution < 1.29 is 14.3 Å². The maximum absolute atomic E-state index is 12.3. The summed E-state index contributed by atoms with van der Waals surface area (Å²) >= 11 is 1.24. The molecule has 2 heterocycles. The summed E-state index contributed by atoms with van der Waals surface area (Å²) in [7, 11) is 1.61. The Balaban J connectivity index is 1.48. The number of aromatic nitrogens is 4. The highest BCUT2D eigenvalue weighted by molar-refractivity contribution is 7.99. The van der Waals surface area contributed by atoms with E-state index < -0.39 is 0 Å². The number of anilines is 1. The number of carbonyl (C=O) groups excluding carboxylic acids is 2. The van der Waals surface area contributed by atoms with Crippen molar-refractivity contribution in [3.8, 4) is 17.0 Å². The molecule has 0 bridgehead atoms. The van der Waals surface area contributed by atoms with Gasteiger partial charge < -0.3 is 10.1 Å². The van der Waals surface area contributed by atoms with Crippen molar-refractivity contribution in [3.05, 3.63) is 66.2 Å². The topological polar surface area (TPSA) is 98.5 Å². The first-order valence-corrected chi connectivity index (χ1v) is 10.4. The van der Waals surface area contributed by atoms with Crippen molar-refractivity contribution in [1.82, 2.24) is 19.8 Å². The van der Waals surface area contributed by atoms with Crippen LogP contribution in [0.25, 0.3) is 16.9 Å². The van der Waals surface area contributed by atoms with Gasteiger partial charge in [0.1, 0.15) is 5.75 Å². The van der Waals surface area contributed by atoms with Gasteiger partial charge in [0.2, 0.25) is 11.1 Å². The number of rotatable bonds is 7. The van der Waals surface area contributed by atoms with Gasteiger partial charge in [-0.2, -0.15) is 9.61 Å². The van der Waals surface area contributed by atoms with Gasteiger partial charge in [0, 0.05) is 16.8 Å². The molecule has 9 heteroatoms. The Labute approximate surface area is 182 Å². The Bertz CT molecular complexity index is 1250. The number of Topliss-reactive ketones (excluding diaryl/α,β-unsaturated/α-hetero) is 1. The Morgan fingerprint density at radius 2 is 1.81 bits per heavy atom. The van der Waals surface area contributed by atoms with Gasteiger partial charge in [-0.3, -0.25) is 9.59 Å². The summed E-state index contributed by atoms with van der Waals surface area (Å²) in [6.45, 7) is 1.50. The lowest BCUT2D eigenvalue weighted by Crippen LogP contribution is -2.14. The van der Waals surface area contributed by atoms with E-state index >= 15 is 0 Å². The van der Waals surface area contributed by atoms with Gasteiger partial charge in [0.25, 0.3) is 0 Å². The third kappa shape index (κ3) is 4.56. The maximum Gasteiger partial charge on any atom is 0.234 e. The van der Waals surface area contributed by atoms with Gasteiger partial charge >= 0.3 is 0 Å². The number of amides is 1. The first kappa shape index (κ1) is 20.5. The van der Waals surface area contributed by atoms with Crippen molar-refractivity contribution >= 4 is 34.8 Å². The molecule has 156 valence electrons. The highest BCUT2D eigenvalue weighted by atomic mass is 32.2. The normalized spacial score (nSPS) is 10.8. The third-order valence-electron chi connectivity index (χ3n) is 4.52. The second-order valence-electron chi connectivity index (χ2n) is 6.64. The van der Waals surface area contributed by atoms with Crippen LogP contribution in [0, 0.1) is 0 Å². The number of thioether (sulfide) groups is 1. The van der Waals surface area contributed by atoms with E-state index in [1.165, 1.54) is 18.7 Å². The van der Waals surface area contributed by atoms with E-state index in [1.807, 2.05) is 36.4 Å². The number of para-hydroxylation sites is 1. The minimum atomic E-state index is -0.196. The third-order valence-corrected chi connectivity index (χ3v) is 5.44. The number of nitrogens with one attached hydrogen (secondary N) is 1. The molecule has 0 saturated heterocycles. The summed E-state index contributed by atoms with van der Waals surface area (Å²) in [5, 5.41) is 16.2. The zero-order valence-electron chi connectivity index (χ0n) is 16.9. The second-order valence-corrected chi connectivity index (χ2v) is 7.58. The number of fused-ring (bicyclic) bond motifs is 1. The number of nitrogens with zero attached hydrogens (tertiary/aromatic N) is 4. The van der Waals surface area contributed by atoms with E-state index in [0.29, 0.717) is 33.5 Å². The molecule has 0 aliphatic carbocycles. The van der Waals surface area contributed by atoms with Crippen LogP contribution in [0.3, 0.4) is 0 Å². The first-order valence-electron chi connectivity index (χ1n) is 9.44. The van der Waals surface area contributed by atoms with E-state index in [4.69, 9.17) is 4.74 Å². The predicted octanol–water partition coefficient (Wildman–Crippen LogP) is 3.73. The molecule has 2 aromatic heterocycles. The number of hydrogen-bond donors (Lipinski definition) is 1. The lowest BCUT2D eigenvalue weighted by molar-refractivity contribution is -0.113. The van der Waals surface area contributed by atoms with E-state index in [9.17, 15) is 9.59 Å². The highest BCUT2D eigenvalue weighted by Crippen LogP contribution is 2.28. The van der Waals surface area contributed by atoms with Gasteiger partial charge in [0.05, 0.1) is 18.6 Å². The van der Waals surface area contributed by atoms with Crippen LogP contribution in [0.4, 0.5) is 5.69 Å². The fourth-order valence-corrected chi connectivity index (χ4v) is 3.66. The predicted molar refractivity (Wildman–Crippen MR) is 119 cm³/mol. The number of ketones is 1. The summed E-state index contributed by atoms with van der Waals surface area (Å²) in [6.07, 6.45) is 0. The van der Waals surface area contributed by atoms with Crippen LogP contribution in [0.2, 0.25) is 0 Å². The molecule has 8 nitrogen and oxygen atoms in total. The number of methoxy groups -OCH3 is 1. The van der Waals surface area contributed by atoms with Gasteiger partial charge in [-0.1, -0.05) is 23.9 Å². The van der Waals surface area contributed by atoms with Gasteiger partial charge in [-0.05, 0) is 55.5 Å². The molecule has 0 fully saturated rings. The fraction of sp³-hybridized carbons (Fsp3) is 0.136. The number of carbonyl (C=O) groups is 2. The lowest BCUT2D eigenvalue weighted by Gasteiger charge is -2.08. The smallest absolute Gasteiger partial charge is 0.234 e. The van der Waals surface area contributed by atoms with Crippen LogP contribution in [0.1, 0.15) is 17.3 Å². The van der Waals surface area contributed by atoms with E-state index in [-0.39, 0.29) is 17.4 Å². The van der Waals surface area contributed by atoms with Crippen LogP contribution in [-0.4, -0.2) is 44.4 Å². The molecular formula is C22H19N5O3S. The number of hydrogen-bond acceptors (Lipinski definition) is 7. The Morgan fingerprint density at radius 3 is 2.55 bits per heavy atom. The zero-order valence-corrected chi connectivity index (χ0v) is 17.7. The van der Waals surface area contributed by atoms with Crippen LogP contribution in [0.5, 0.6) is 5.75 Å². The molecular weight excluding hydrogens is 414 g/mol. The minimum Gasteiger partial charge on any atom is -0.496 e. The van der Waals surface area contributed by atoms with Crippen molar-refractivity contribution in [2.75, 3.05) is 18.2 Å². The fourth-order valence-electron chi connectivity index (χ4n) is 2.97. The molecule has 0 atom stereocenters. The maximum atomic E-state index is 12.3. The molecule has 1 N–H and O–H groups in total. The largest absolute Gasteiger partial charge is 0.496 e. The monoisotopic (exact) mass is 433 g/mol. The molecule has 2 aromatic carbocycles. The molecule has 0 aliphatic heterocycles. The summed E-state index contributed by atoms with van der Waals surface area (Å²) in [5.74, 6) is 0.632.